The standard InChI is InChI=1S/C8H14O/c1-4-6-8(3)7-9-5-2/h4,6-7H,5H2,1-3H3. The SMILES string of the molecule is CC=CC(C)=COCC. The Hall–Kier alpha value is -0.720. The minimum Gasteiger partial charge on any atom is -0.501 e. The first kappa shape index (κ1) is 8.28. The summed E-state index contributed by atoms with van der Waals surface area (Å²) in [5.41, 5.74) is 1.15. The molecule has 0 unspecified atom stereocenters. The van der Waals surface area contributed by atoms with E-state index in [-0.39, 0.29) is 0 Å². The minimum atomic E-state index is 0.745. The normalized spacial score (nSPS) is 12.6. The third kappa shape index (κ3) is 5.15. The van der Waals surface area contributed by atoms with E-state index in [4.69, 9.17) is 4.74 Å². The van der Waals surface area contributed by atoms with E-state index in [2.05, 4.69) is 0 Å². The van der Waals surface area contributed by atoms with Crippen molar-refractivity contribution in [1.82, 2.24) is 0 Å². The van der Waals surface area contributed by atoms with Gasteiger partial charge >= 0.3 is 0 Å². The Morgan fingerprint density at radius 2 is 2.22 bits per heavy atom. The lowest BCUT2D eigenvalue weighted by Gasteiger charge is -1.93. The van der Waals surface area contributed by atoms with E-state index in [0.29, 0.717) is 0 Å². The van der Waals surface area contributed by atoms with Crippen LogP contribution in [0.2, 0.25) is 0 Å². The maximum atomic E-state index is 5.03. The topological polar surface area (TPSA) is 9.23 Å². The maximum absolute atomic E-state index is 5.03. The lowest BCUT2D eigenvalue weighted by Crippen LogP contribution is -1.78. The average molecular weight is 126 g/mol. The van der Waals surface area contributed by atoms with Crippen molar-refractivity contribution < 1.29 is 4.74 Å². The van der Waals surface area contributed by atoms with Gasteiger partial charge in [-0.25, -0.2) is 0 Å². The van der Waals surface area contributed by atoms with Gasteiger partial charge in [-0.15, -0.1) is 0 Å². The highest BCUT2D eigenvalue weighted by Crippen LogP contribution is 1.93. The second kappa shape index (κ2) is 5.42. The molecule has 0 rings (SSSR count). The van der Waals surface area contributed by atoms with Crippen LogP contribution in [0, 0.1) is 0 Å². The Morgan fingerprint density at radius 3 is 2.67 bits per heavy atom. The first-order chi connectivity index (χ1) is 4.31. The van der Waals surface area contributed by atoms with Gasteiger partial charge in [-0.05, 0) is 26.3 Å². The van der Waals surface area contributed by atoms with Gasteiger partial charge in [-0.1, -0.05) is 12.2 Å². The first-order valence-corrected chi connectivity index (χ1v) is 3.22. The zero-order chi connectivity index (χ0) is 7.11. The van der Waals surface area contributed by atoms with E-state index in [0.717, 1.165) is 12.2 Å². The third-order valence-corrected chi connectivity index (χ3v) is 0.865. The Bertz CT molecular complexity index is 112. The summed E-state index contributed by atoms with van der Waals surface area (Å²) >= 11 is 0. The van der Waals surface area contributed by atoms with Crippen LogP contribution < -0.4 is 0 Å². The van der Waals surface area contributed by atoms with Gasteiger partial charge in [0.2, 0.25) is 0 Å². The Kier molecular flexibility index (Phi) is 4.98. The van der Waals surface area contributed by atoms with E-state index in [1.807, 2.05) is 32.9 Å². The zero-order valence-corrected chi connectivity index (χ0v) is 6.35. The molecule has 0 aromatic rings. The van der Waals surface area contributed by atoms with E-state index < -0.39 is 0 Å². The van der Waals surface area contributed by atoms with E-state index in [9.17, 15) is 0 Å². The second-order valence-electron chi connectivity index (χ2n) is 1.82. The fraction of sp³-hybridized carbons (Fsp3) is 0.500. The van der Waals surface area contributed by atoms with Gasteiger partial charge in [0.1, 0.15) is 0 Å². The summed E-state index contributed by atoms with van der Waals surface area (Å²) in [6.45, 7) is 6.72. The highest BCUT2D eigenvalue weighted by Gasteiger charge is 1.77. The molecule has 1 nitrogen and oxygen atoms in total. The third-order valence-electron chi connectivity index (χ3n) is 0.865. The molecule has 0 saturated heterocycles. The first-order valence-electron chi connectivity index (χ1n) is 3.22. The average Bonchev–Trinajstić information content (AvgIpc) is 1.85. The maximum Gasteiger partial charge on any atom is 0.0857 e. The largest absolute Gasteiger partial charge is 0.501 e. The van der Waals surface area contributed by atoms with Gasteiger partial charge in [-0.2, -0.15) is 0 Å². The Labute approximate surface area is 57.0 Å². The van der Waals surface area contributed by atoms with Crippen molar-refractivity contribution in [2.75, 3.05) is 6.61 Å². The van der Waals surface area contributed by atoms with Gasteiger partial charge in [0.05, 0.1) is 12.9 Å². The molecule has 0 aliphatic heterocycles. The van der Waals surface area contributed by atoms with Crippen molar-refractivity contribution in [3.05, 3.63) is 24.0 Å². The summed E-state index contributed by atoms with van der Waals surface area (Å²) in [5.74, 6) is 0. The second-order valence-corrected chi connectivity index (χ2v) is 1.82. The molecule has 0 amide bonds. The highest BCUT2D eigenvalue weighted by atomic mass is 16.5. The molecule has 0 bridgehead atoms. The van der Waals surface area contributed by atoms with Crippen molar-refractivity contribution in [3.8, 4) is 0 Å². The number of hydrogen-bond acceptors (Lipinski definition) is 1. The molecular formula is C8H14O. The summed E-state index contributed by atoms with van der Waals surface area (Å²) in [4.78, 5) is 0. The molecule has 0 saturated carbocycles. The van der Waals surface area contributed by atoms with Gasteiger partial charge in [0.25, 0.3) is 0 Å². The van der Waals surface area contributed by atoms with Crippen LogP contribution in [0.1, 0.15) is 20.8 Å². The Balaban J connectivity index is 3.55. The van der Waals surface area contributed by atoms with E-state index in [1.54, 1.807) is 6.26 Å². The van der Waals surface area contributed by atoms with E-state index >= 15 is 0 Å². The molecule has 0 radical (unpaired) electrons. The Morgan fingerprint density at radius 1 is 1.56 bits per heavy atom. The zero-order valence-electron chi connectivity index (χ0n) is 6.35. The van der Waals surface area contributed by atoms with Gasteiger partial charge < -0.3 is 4.74 Å². The van der Waals surface area contributed by atoms with Crippen LogP contribution in [-0.4, -0.2) is 6.61 Å². The molecule has 0 atom stereocenters. The molecule has 0 N–H and O–H groups in total. The predicted molar refractivity (Wildman–Crippen MR) is 40.2 cm³/mol. The van der Waals surface area contributed by atoms with E-state index in [1.165, 1.54) is 0 Å². The molecular weight excluding hydrogens is 112 g/mol. The number of hydrogen-bond donors (Lipinski definition) is 0. The predicted octanol–water partition coefficient (Wildman–Crippen LogP) is 2.50. The van der Waals surface area contributed by atoms with Crippen molar-refractivity contribution in [2.45, 2.75) is 20.8 Å². The summed E-state index contributed by atoms with van der Waals surface area (Å²) < 4.78 is 5.03. The lowest BCUT2D eigenvalue weighted by molar-refractivity contribution is 0.267. The quantitative estimate of drug-likeness (QED) is 0.417. The monoisotopic (exact) mass is 126 g/mol. The minimum absolute atomic E-state index is 0.745. The number of ether oxygens (including phenoxy) is 1. The highest BCUT2D eigenvalue weighted by molar-refractivity contribution is 5.12. The van der Waals surface area contributed by atoms with Crippen LogP contribution in [0.4, 0.5) is 0 Å². The molecule has 0 spiro atoms. The molecule has 0 fully saturated rings. The summed E-state index contributed by atoms with van der Waals surface area (Å²) in [5, 5.41) is 0. The molecule has 0 aromatic carbocycles. The van der Waals surface area contributed by atoms with Crippen LogP contribution in [0.15, 0.2) is 24.0 Å². The molecule has 52 valence electrons. The fourth-order valence-electron chi connectivity index (χ4n) is 0.517. The smallest absolute Gasteiger partial charge is 0.0857 e. The fourth-order valence-corrected chi connectivity index (χ4v) is 0.517. The number of allylic oxidation sites excluding steroid dienone is 3. The van der Waals surface area contributed by atoms with Crippen LogP contribution in [0.3, 0.4) is 0 Å². The van der Waals surface area contributed by atoms with Crippen molar-refractivity contribution in [2.24, 2.45) is 0 Å². The molecule has 0 aromatic heterocycles. The summed E-state index contributed by atoms with van der Waals surface area (Å²) in [6, 6.07) is 0. The molecule has 9 heavy (non-hydrogen) atoms. The van der Waals surface area contributed by atoms with Crippen molar-refractivity contribution >= 4 is 0 Å². The number of rotatable bonds is 3. The van der Waals surface area contributed by atoms with Crippen LogP contribution in [-0.2, 0) is 4.74 Å². The van der Waals surface area contributed by atoms with Gasteiger partial charge in [0.15, 0.2) is 0 Å². The lowest BCUT2D eigenvalue weighted by atomic mass is 10.3. The summed E-state index contributed by atoms with van der Waals surface area (Å²) in [6.07, 6.45) is 5.76. The van der Waals surface area contributed by atoms with Gasteiger partial charge in [-0.3, -0.25) is 0 Å². The van der Waals surface area contributed by atoms with Crippen LogP contribution >= 0.6 is 0 Å². The molecule has 1 heteroatoms. The van der Waals surface area contributed by atoms with Crippen LogP contribution in [0.5, 0.6) is 0 Å². The molecule has 0 aliphatic carbocycles. The van der Waals surface area contributed by atoms with Crippen molar-refractivity contribution in [3.63, 3.8) is 0 Å². The summed E-state index contributed by atoms with van der Waals surface area (Å²) in [7, 11) is 0. The van der Waals surface area contributed by atoms with Gasteiger partial charge in [0, 0.05) is 0 Å². The molecule has 0 heterocycles. The van der Waals surface area contributed by atoms with Crippen LogP contribution in [0.25, 0.3) is 0 Å². The van der Waals surface area contributed by atoms with Crippen molar-refractivity contribution in [1.29, 1.82) is 0 Å². The molecule has 0 aliphatic rings.